The Morgan fingerprint density at radius 3 is 1.23 bits per heavy atom. The van der Waals surface area contributed by atoms with Crippen molar-refractivity contribution in [2.45, 2.75) is 156 Å². The first-order valence-electron chi connectivity index (χ1n) is 14.0. The molecule has 3 heteroatoms. The molecule has 0 aliphatic rings. The number of carbonyl (C=O) groups is 1. The topological polar surface area (TPSA) is 40.5 Å². The van der Waals surface area contributed by atoms with Gasteiger partial charge in [0.25, 0.3) is 0 Å². The van der Waals surface area contributed by atoms with E-state index in [0.29, 0.717) is 6.42 Å². The second kappa shape index (κ2) is 29.4. The highest BCUT2D eigenvalue weighted by molar-refractivity contribution is 5.66. The van der Waals surface area contributed by atoms with Crippen LogP contribution in [0.1, 0.15) is 156 Å². The van der Waals surface area contributed by atoms with Gasteiger partial charge in [-0.25, -0.2) is 0 Å². The van der Waals surface area contributed by atoms with E-state index in [2.05, 4.69) is 32.7 Å². The highest BCUT2D eigenvalue weighted by Crippen LogP contribution is 2.13. The number of unbranched alkanes of at least 4 members (excludes halogenated alkanes) is 17. The monoisotopic (exact) mass is 441 g/mol. The molecular weight excluding hydrogens is 382 g/mol. The summed E-state index contributed by atoms with van der Waals surface area (Å²) < 4.78 is 0. The van der Waals surface area contributed by atoms with Crippen LogP contribution in [0.3, 0.4) is 0 Å². The van der Waals surface area contributed by atoms with Gasteiger partial charge in [0.2, 0.25) is 0 Å². The van der Waals surface area contributed by atoms with Gasteiger partial charge in [-0.2, -0.15) is 0 Å². The van der Waals surface area contributed by atoms with E-state index in [1.165, 1.54) is 129 Å². The molecule has 0 atom stereocenters. The summed E-state index contributed by atoms with van der Waals surface area (Å²) in [6.07, 6.45) is 27.0. The van der Waals surface area contributed by atoms with Crippen LogP contribution < -0.4 is 0 Å². The Morgan fingerprint density at radius 1 is 0.516 bits per heavy atom. The third kappa shape index (κ3) is 34.2. The minimum Gasteiger partial charge on any atom is -0.481 e. The fourth-order valence-electron chi connectivity index (χ4n) is 3.95. The zero-order valence-corrected chi connectivity index (χ0v) is 22.1. The number of aliphatic carboxylic acids is 1. The molecule has 0 saturated heterocycles. The van der Waals surface area contributed by atoms with Crippen molar-refractivity contribution in [1.82, 2.24) is 4.90 Å². The number of carboxylic acids is 1. The van der Waals surface area contributed by atoms with E-state index in [1.54, 1.807) is 0 Å². The summed E-state index contributed by atoms with van der Waals surface area (Å²) in [6, 6.07) is 0. The van der Waals surface area contributed by atoms with Crippen LogP contribution in [0.25, 0.3) is 0 Å². The summed E-state index contributed by atoms with van der Waals surface area (Å²) in [7, 11) is 2.22. The van der Waals surface area contributed by atoms with E-state index in [0.717, 1.165) is 12.8 Å². The third-order valence-corrected chi connectivity index (χ3v) is 5.99. The maximum absolute atomic E-state index is 10.3. The van der Waals surface area contributed by atoms with Crippen molar-refractivity contribution in [3.8, 4) is 0 Å². The molecule has 0 amide bonds. The molecule has 1 N–H and O–H groups in total. The first kappa shape index (κ1) is 32.6. The Labute approximate surface area is 196 Å². The SMILES string of the molecule is CCCCCCCCCCCCCCCCCC(=O)O.CCCCCCN(C)CCC. The molecule has 0 saturated carbocycles. The fourth-order valence-corrected chi connectivity index (χ4v) is 3.95. The van der Waals surface area contributed by atoms with Crippen molar-refractivity contribution in [3.05, 3.63) is 0 Å². The normalized spacial score (nSPS) is 10.9. The molecule has 0 aromatic heterocycles. The van der Waals surface area contributed by atoms with Gasteiger partial charge in [-0.3, -0.25) is 4.79 Å². The van der Waals surface area contributed by atoms with Gasteiger partial charge in [0.05, 0.1) is 0 Å². The largest absolute Gasteiger partial charge is 0.481 e. The van der Waals surface area contributed by atoms with Crippen LogP contribution in [-0.4, -0.2) is 36.1 Å². The highest BCUT2D eigenvalue weighted by atomic mass is 16.4. The van der Waals surface area contributed by atoms with Gasteiger partial charge < -0.3 is 10.0 Å². The zero-order valence-electron chi connectivity index (χ0n) is 22.1. The molecule has 0 radical (unpaired) electrons. The maximum Gasteiger partial charge on any atom is 0.303 e. The molecule has 0 aliphatic heterocycles. The van der Waals surface area contributed by atoms with Crippen molar-refractivity contribution in [3.63, 3.8) is 0 Å². The van der Waals surface area contributed by atoms with E-state index >= 15 is 0 Å². The minimum atomic E-state index is -0.653. The Morgan fingerprint density at radius 2 is 0.871 bits per heavy atom. The molecule has 3 nitrogen and oxygen atoms in total. The first-order chi connectivity index (χ1) is 15.1. The molecule has 0 aromatic carbocycles. The van der Waals surface area contributed by atoms with Crippen molar-refractivity contribution >= 4 is 5.97 Å². The number of carboxylic acid groups (broad SMARTS) is 1. The second-order valence-corrected chi connectivity index (χ2v) is 9.46. The quantitative estimate of drug-likeness (QED) is 0.161. The van der Waals surface area contributed by atoms with Gasteiger partial charge in [0, 0.05) is 6.42 Å². The van der Waals surface area contributed by atoms with E-state index in [1.807, 2.05) is 0 Å². The lowest BCUT2D eigenvalue weighted by molar-refractivity contribution is -0.137. The molecule has 31 heavy (non-hydrogen) atoms. The van der Waals surface area contributed by atoms with Crippen molar-refractivity contribution in [2.24, 2.45) is 0 Å². The third-order valence-electron chi connectivity index (χ3n) is 5.99. The average molecular weight is 442 g/mol. The smallest absolute Gasteiger partial charge is 0.303 e. The van der Waals surface area contributed by atoms with Crippen LogP contribution in [0.4, 0.5) is 0 Å². The molecule has 0 heterocycles. The van der Waals surface area contributed by atoms with Crippen molar-refractivity contribution in [2.75, 3.05) is 20.1 Å². The minimum absolute atomic E-state index is 0.345. The van der Waals surface area contributed by atoms with Crippen LogP contribution in [0.2, 0.25) is 0 Å². The zero-order chi connectivity index (χ0) is 23.4. The van der Waals surface area contributed by atoms with Crippen molar-refractivity contribution < 1.29 is 9.90 Å². The molecule has 0 rings (SSSR count). The molecule has 188 valence electrons. The lowest BCUT2D eigenvalue weighted by Crippen LogP contribution is -2.20. The Hall–Kier alpha value is -0.570. The summed E-state index contributed by atoms with van der Waals surface area (Å²) in [5.74, 6) is -0.653. The number of hydrogen-bond donors (Lipinski definition) is 1. The van der Waals surface area contributed by atoms with Gasteiger partial charge in [-0.05, 0) is 39.4 Å². The van der Waals surface area contributed by atoms with Gasteiger partial charge in [-0.15, -0.1) is 0 Å². The molecule has 0 bridgehead atoms. The number of rotatable bonds is 23. The molecule has 0 fully saturated rings. The Kier molecular flexibility index (Phi) is 31.0. The highest BCUT2D eigenvalue weighted by Gasteiger charge is 1.97. The summed E-state index contributed by atoms with van der Waals surface area (Å²) in [5.41, 5.74) is 0. The van der Waals surface area contributed by atoms with Crippen LogP contribution >= 0.6 is 0 Å². The molecular formula is C28H59NO2. The summed E-state index contributed by atoms with van der Waals surface area (Å²) in [4.78, 5) is 12.8. The molecule has 0 unspecified atom stereocenters. The average Bonchev–Trinajstić information content (AvgIpc) is 2.74. The second-order valence-electron chi connectivity index (χ2n) is 9.46. The summed E-state index contributed by atoms with van der Waals surface area (Å²) in [5, 5.41) is 8.52. The number of nitrogens with zero attached hydrogens (tertiary/aromatic N) is 1. The van der Waals surface area contributed by atoms with Gasteiger partial charge >= 0.3 is 5.97 Å². The summed E-state index contributed by atoms with van der Waals surface area (Å²) >= 11 is 0. The first-order valence-corrected chi connectivity index (χ1v) is 14.0. The van der Waals surface area contributed by atoms with Crippen LogP contribution in [0, 0.1) is 0 Å². The van der Waals surface area contributed by atoms with Crippen LogP contribution in [0.5, 0.6) is 0 Å². The number of hydrogen-bond acceptors (Lipinski definition) is 2. The molecule has 0 aliphatic carbocycles. The van der Waals surface area contributed by atoms with E-state index < -0.39 is 5.97 Å². The van der Waals surface area contributed by atoms with Gasteiger partial charge in [0.15, 0.2) is 0 Å². The predicted molar refractivity (Wildman–Crippen MR) is 139 cm³/mol. The predicted octanol–water partition coefficient (Wildman–Crippen LogP) is 9.24. The van der Waals surface area contributed by atoms with E-state index in [4.69, 9.17) is 5.11 Å². The van der Waals surface area contributed by atoms with Crippen LogP contribution in [-0.2, 0) is 4.79 Å². The molecule has 0 aromatic rings. The van der Waals surface area contributed by atoms with E-state index in [-0.39, 0.29) is 0 Å². The Bertz CT molecular complexity index is 333. The summed E-state index contributed by atoms with van der Waals surface area (Å²) in [6.45, 7) is 9.31. The standard InChI is InChI=1S/C18H36O2.C10H23N/c1-2-3-4-5-6-7-8-9-10-11-12-13-14-15-16-17-18(19)20;1-4-6-7-8-10-11(3)9-5-2/h2-17H2,1H3,(H,19,20);4-10H2,1-3H3. The fraction of sp³-hybridized carbons (Fsp3) is 0.964. The Balaban J connectivity index is 0. The molecule has 0 spiro atoms. The van der Waals surface area contributed by atoms with Crippen molar-refractivity contribution in [1.29, 1.82) is 0 Å². The van der Waals surface area contributed by atoms with Gasteiger partial charge in [-0.1, -0.05) is 130 Å². The van der Waals surface area contributed by atoms with Crippen LogP contribution in [0.15, 0.2) is 0 Å². The van der Waals surface area contributed by atoms with Gasteiger partial charge in [0.1, 0.15) is 0 Å². The lowest BCUT2D eigenvalue weighted by Gasteiger charge is -2.14. The maximum atomic E-state index is 10.3. The van der Waals surface area contributed by atoms with E-state index in [9.17, 15) is 4.79 Å². The lowest BCUT2D eigenvalue weighted by atomic mass is 10.0.